The van der Waals surface area contributed by atoms with E-state index in [0.717, 1.165) is 12.0 Å². The van der Waals surface area contributed by atoms with Gasteiger partial charge in [0.15, 0.2) is 0 Å². The molecule has 1 saturated carbocycles. The third kappa shape index (κ3) is 1.77. The molecule has 0 bridgehead atoms. The highest BCUT2D eigenvalue weighted by molar-refractivity contribution is 5.65. The Kier molecular flexibility index (Phi) is 1.88. The number of aromatic nitrogens is 1. The van der Waals surface area contributed by atoms with Crippen LogP contribution < -0.4 is 5.73 Å². The van der Waals surface area contributed by atoms with Crippen LogP contribution in [0.2, 0.25) is 0 Å². The van der Waals surface area contributed by atoms with Gasteiger partial charge in [0.05, 0.1) is 0 Å². The highest BCUT2D eigenvalue weighted by Gasteiger charge is 2.41. The van der Waals surface area contributed by atoms with Crippen molar-refractivity contribution in [3.63, 3.8) is 0 Å². The predicted octanol–water partition coefficient (Wildman–Crippen LogP) is 1.03. The van der Waals surface area contributed by atoms with Gasteiger partial charge in [0, 0.05) is 18.3 Å². The van der Waals surface area contributed by atoms with Crippen LogP contribution in [0.4, 0.5) is 4.79 Å². The molecule has 0 radical (unpaired) electrons. The first-order valence-corrected chi connectivity index (χ1v) is 4.13. The fourth-order valence-electron chi connectivity index (χ4n) is 1.40. The molecule has 1 aliphatic carbocycles. The molecule has 2 unspecified atom stereocenters. The first-order chi connectivity index (χ1) is 6.27. The van der Waals surface area contributed by atoms with Crippen molar-refractivity contribution < 1.29 is 9.53 Å². The smallest absolute Gasteiger partial charge is 0.404 e. The third-order valence-corrected chi connectivity index (χ3v) is 2.11. The molecule has 2 rings (SSSR count). The number of hydrogen-bond acceptors (Lipinski definition) is 3. The Bertz CT molecular complexity index is 313. The highest BCUT2D eigenvalue weighted by Crippen LogP contribution is 2.42. The van der Waals surface area contributed by atoms with Crippen molar-refractivity contribution in [1.82, 2.24) is 4.98 Å². The second kappa shape index (κ2) is 3.05. The van der Waals surface area contributed by atoms with E-state index in [9.17, 15) is 4.79 Å². The van der Waals surface area contributed by atoms with Gasteiger partial charge in [-0.15, -0.1) is 0 Å². The first kappa shape index (κ1) is 8.04. The summed E-state index contributed by atoms with van der Waals surface area (Å²) in [5.74, 6) is 0.293. The van der Waals surface area contributed by atoms with E-state index in [1.54, 1.807) is 12.4 Å². The number of rotatable bonds is 2. The van der Waals surface area contributed by atoms with Crippen LogP contribution >= 0.6 is 0 Å². The van der Waals surface area contributed by atoms with Gasteiger partial charge in [-0.2, -0.15) is 0 Å². The zero-order valence-electron chi connectivity index (χ0n) is 7.01. The van der Waals surface area contributed by atoms with E-state index < -0.39 is 6.09 Å². The summed E-state index contributed by atoms with van der Waals surface area (Å²) in [6.45, 7) is 0. The molecule has 1 aromatic rings. The predicted molar refractivity (Wildman–Crippen MR) is 46.1 cm³/mol. The summed E-state index contributed by atoms with van der Waals surface area (Å²) < 4.78 is 4.84. The normalized spacial score (nSPS) is 25.2. The Balaban J connectivity index is 1.97. The lowest BCUT2D eigenvalue weighted by atomic mass is 10.2. The lowest BCUT2D eigenvalue weighted by Gasteiger charge is -1.99. The second-order valence-electron chi connectivity index (χ2n) is 3.10. The summed E-state index contributed by atoms with van der Waals surface area (Å²) in [5, 5.41) is 0. The van der Waals surface area contributed by atoms with Crippen molar-refractivity contribution >= 4 is 6.09 Å². The largest absolute Gasteiger partial charge is 0.446 e. The highest BCUT2D eigenvalue weighted by atomic mass is 16.6. The molecule has 4 heteroatoms. The molecule has 2 atom stereocenters. The Morgan fingerprint density at radius 1 is 1.69 bits per heavy atom. The SMILES string of the molecule is NC(=O)OC1CC1c1cccnc1. The summed E-state index contributed by atoms with van der Waals surface area (Å²) in [7, 11) is 0. The van der Waals surface area contributed by atoms with Gasteiger partial charge in [-0.1, -0.05) is 6.07 Å². The molecule has 0 aliphatic heterocycles. The number of carbonyl (C=O) groups excluding carboxylic acids is 1. The third-order valence-electron chi connectivity index (χ3n) is 2.11. The Labute approximate surface area is 75.7 Å². The molecule has 0 spiro atoms. The molecule has 1 aliphatic rings. The average Bonchev–Trinajstić information content (AvgIpc) is 2.84. The maximum absolute atomic E-state index is 10.4. The number of carbonyl (C=O) groups is 1. The molecule has 0 aromatic carbocycles. The summed E-state index contributed by atoms with van der Waals surface area (Å²) in [6.07, 6.45) is 3.62. The molecule has 4 nitrogen and oxygen atoms in total. The van der Waals surface area contributed by atoms with Crippen LogP contribution in [0.3, 0.4) is 0 Å². The molecule has 1 amide bonds. The minimum Gasteiger partial charge on any atom is -0.446 e. The van der Waals surface area contributed by atoms with Crippen LogP contribution in [0.25, 0.3) is 0 Å². The zero-order valence-corrected chi connectivity index (χ0v) is 7.01. The molecule has 1 aromatic heterocycles. The number of nitrogens with two attached hydrogens (primary N) is 1. The van der Waals surface area contributed by atoms with Gasteiger partial charge in [-0.25, -0.2) is 4.79 Å². The van der Waals surface area contributed by atoms with Crippen LogP contribution in [-0.2, 0) is 4.74 Å². The Hall–Kier alpha value is -1.58. The summed E-state index contributed by atoms with van der Waals surface area (Å²) in [6, 6.07) is 3.84. The van der Waals surface area contributed by atoms with Crippen molar-refractivity contribution in [2.75, 3.05) is 0 Å². The lowest BCUT2D eigenvalue weighted by molar-refractivity contribution is 0.147. The minimum absolute atomic E-state index is 0.0401. The van der Waals surface area contributed by atoms with Crippen molar-refractivity contribution in [2.45, 2.75) is 18.4 Å². The van der Waals surface area contributed by atoms with E-state index in [-0.39, 0.29) is 6.10 Å². The van der Waals surface area contributed by atoms with Crippen molar-refractivity contribution in [2.24, 2.45) is 5.73 Å². The van der Waals surface area contributed by atoms with Crippen LogP contribution in [0.5, 0.6) is 0 Å². The number of nitrogens with zero attached hydrogens (tertiary/aromatic N) is 1. The lowest BCUT2D eigenvalue weighted by Crippen LogP contribution is -2.14. The van der Waals surface area contributed by atoms with Crippen LogP contribution in [0.15, 0.2) is 24.5 Å². The van der Waals surface area contributed by atoms with E-state index >= 15 is 0 Å². The number of ether oxygens (including phenoxy) is 1. The van der Waals surface area contributed by atoms with E-state index in [1.807, 2.05) is 12.1 Å². The van der Waals surface area contributed by atoms with Gasteiger partial charge in [0.25, 0.3) is 0 Å². The fourth-order valence-corrected chi connectivity index (χ4v) is 1.40. The maximum atomic E-state index is 10.4. The van der Waals surface area contributed by atoms with Crippen molar-refractivity contribution in [3.8, 4) is 0 Å². The Morgan fingerprint density at radius 3 is 3.15 bits per heavy atom. The second-order valence-corrected chi connectivity index (χ2v) is 3.10. The molecule has 13 heavy (non-hydrogen) atoms. The van der Waals surface area contributed by atoms with E-state index in [1.165, 1.54) is 0 Å². The van der Waals surface area contributed by atoms with Gasteiger partial charge in [-0.3, -0.25) is 4.98 Å². The van der Waals surface area contributed by atoms with Gasteiger partial charge in [0.2, 0.25) is 0 Å². The standard InChI is InChI=1S/C9H10N2O2/c10-9(12)13-8-4-7(8)6-2-1-3-11-5-6/h1-3,5,7-8H,4H2,(H2,10,12). The quantitative estimate of drug-likeness (QED) is 0.735. The van der Waals surface area contributed by atoms with Crippen LogP contribution in [-0.4, -0.2) is 17.2 Å². The van der Waals surface area contributed by atoms with E-state index in [0.29, 0.717) is 5.92 Å². The van der Waals surface area contributed by atoms with Crippen LogP contribution in [0.1, 0.15) is 17.9 Å². The molecule has 0 saturated heterocycles. The summed E-state index contributed by atoms with van der Waals surface area (Å²) >= 11 is 0. The van der Waals surface area contributed by atoms with Gasteiger partial charge < -0.3 is 10.5 Å². The maximum Gasteiger partial charge on any atom is 0.404 e. The topological polar surface area (TPSA) is 65.2 Å². The zero-order chi connectivity index (χ0) is 9.26. The molecule has 1 heterocycles. The Morgan fingerprint density at radius 2 is 2.54 bits per heavy atom. The van der Waals surface area contributed by atoms with E-state index in [2.05, 4.69) is 4.98 Å². The molecule has 68 valence electrons. The monoisotopic (exact) mass is 178 g/mol. The number of primary amides is 1. The summed E-state index contributed by atoms with van der Waals surface area (Å²) in [5.41, 5.74) is 6.00. The van der Waals surface area contributed by atoms with Crippen molar-refractivity contribution in [3.05, 3.63) is 30.1 Å². The van der Waals surface area contributed by atoms with Crippen molar-refractivity contribution in [1.29, 1.82) is 0 Å². The molecule has 1 fully saturated rings. The molecular formula is C9H10N2O2. The first-order valence-electron chi connectivity index (χ1n) is 4.13. The number of pyridine rings is 1. The summed E-state index contributed by atoms with van der Waals surface area (Å²) in [4.78, 5) is 14.4. The average molecular weight is 178 g/mol. The van der Waals surface area contributed by atoms with E-state index in [4.69, 9.17) is 10.5 Å². The van der Waals surface area contributed by atoms with Gasteiger partial charge in [0.1, 0.15) is 6.10 Å². The number of hydrogen-bond donors (Lipinski definition) is 1. The molecule has 2 N–H and O–H groups in total. The van der Waals surface area contributed by atoms with Crippen LogP contribution in [0, 0.1) is 0 Å². The minimum atomic E-state index is -0.698. The fraction of sp³-hybridized carbons (Fsp3) is 0.333. The van der Waals surface area contributed by atoms with Gasteiger partial charge >= 0.3 is 6.09 Å². The number of amides is 1. The van der Waals surface area contributed by atoms with Gasteiger partial charge in [-0.05, 0) is 18.1 Å². The molecular weight excluding hydrogens is 168 g/mol.